The van der Waals surface area contributed by atoms with Crippen molar-refractivity contribution in [2.24, 2.45) is 0 Å². The molecule has 0 aliphatic heterocycles. The van der Waals surface area contributed by atoms with Crippen LogP contribution in [0.5, 0.6) is 0 Å². The Morgan fingerprint density at radius 1 is 1.35 bits per heavy atom. The van der Waals surface area contributed by atoms with Crippen LogP contribution in [0.15, 0.2) is 12.7 Å². The van der Waals surface area contributed by atoms with E-state index in [0.29, 0.717) is 6.04 Å². The minimum atomic E-state index is 0.147. The molecule has 0 saturated heterocycles. The smallest absolute Gasteiger partial charge is 0.0831 e. The Balaban J connectivity index is 2.29. The molecule has 1 aliphatic carbocycles. The Labute approximate surface area is 107 Å². The minimum Gasteiger partial charge on any atom is -0.377 e. The molecule has 0 amide bonds. The quantitative estimate of drug-likeness (QED) is 0.464. The Hall–Kier alpha value is -0.340. The lowest BCUT2D eigenvalue weighted by Gasteiger charge is -2.47. The van der Waals surface area contributed by atoms with Gasteiger partial charge in [0.25, 0.3) is 0 Å². The van der Waals surface area contributed by atoms with Gasteiger partial charge in [-0.05, 0) is 45.1 Å². The normalized spacial score (nSPS) is 19.6. The summed E-state index contributed by atoms with van der Waals surface area (Å²) in [5.74, 6) is 0. The summed E-state index contributed by atoms with van der Waals surface area (Å²) in [6, 6.07) is 0.551. The van der Waals surface area contributed by atoms with Crippen LogP contribution < -0.4 is 5.32 Å². The van der Waals surface area contributed by atoms with Crippen LogP contribution in [0.3, 0.4) is 0 Å². The largest absolute Gasteiger partial charge is 0.377 e. The highest BCUT2D eigenvalue weighted by Gasteiger charge is 2.43. The van der Waals surface area contributed by atoms with Gasteiger partial charge in [-0.1, -0.05) is 25.8 Å². The number of rotatable bonds is 10. The molecule has 2 nitrogen and oxygen atoms in total. The molecule has 0 aromatic carbocycles. The van der Waals surface area contributed by atoms with Gasteiger partial charge in [-0.2, -0.15) is 0 Å². The summed E-state index contributed by atoms with van der Waals surface area (Å²) in [5.41, 5.74) is 0.147. The van der Waals surface area contributed by atoms with E-state index in [2.05, 4.69) is 18.8 Å². The van der Waals surface area contributed by atoms with E-state index in [0.717, 1.165) is 13.0 Å². The second kappa shape index (κ2) is 7.88. The van der Waals surface area contributed by atoms with Crippen molar-refractivity contribution >= 4 is 0 Å². The molecule has 1 rings (SSSR count). The summed E-state index contributed by atoms with van der Waals surface area (Å²) in [6.45, 7) is 7.00. The second-order valence-corrected chi connectivity index (χ2v) is 5.16. The fraction of sp³-hybridized carbons (Fsp3) is 0.867. The van der Waals surface area contributed by atoms with Gasteiger partial charge in [0.1, 0.15) is 0 Å². The van der Waals surface area contributed by atoms with Gasteiger partial charge in [0, 0.05) is 13.2 Å². The van der Waals surface area contributed by atoms with Crippen molar-refractivity contribution in [1.82, 2.24) is 5.32 Å². The highest BCUT2D eigenvalue weighted by atomic mass is 16.5. The van der Waals surface area contributed by atoms with Gasteiger partial charge < -0.3 is 10.1 Å². The molecule has 0 bridgehead atoms. The van der Waals surface area contributed by atoms with Gasteiger partial charge in [-0.3, -0.25) is 0 Å². The fourth-order valence-electron chi connectivity index (χ4n) is 2.83. The molecular formula is C15H29NO. The highest BCUT2D eigenvalue weighted by molar-refractivity contribution is 4.99. The highest BCUT2D eigenvalue weighted by Crippen LogP contribution is 2.39. The van der Waals surface area contributed by atoms with E-state index >= 15 is 0 Å². The zero-order chi connectivity index (χ0) is 12.6. The van der Waals surface area contributed by atoms with Crippen LogP contribution in [0.2, 0.25) is 0 Å². The van der Waals surface area contributed by atoms with Crippen molar-refractivity contribution in [2.75, 3.05) is 13.7 Å². The van der Waals surface area contributed by atoms with Crippen molar-refractivity contribution < 1.29 is 4.74 Å². The van der Waals surface area contributed by atoms with Crippen molar-refractivity contribution in [3.05, 3.63) is 12.7 Å². The van der Waals surface area contributed by atoms with Crippen LogP contribution >= 0.6 is 0 Å². The monoisotopic (exact) mass is 239 g/mol. The zero-order valence-electron chi connectivity index (χ0n) is 11.6. The van der Waals surface area contributed by atoms with Crippen LogP contribution in [-0.2, 0) is 4.74 Å². The Kier molecular flexibility index (Phi) is 6.83. The number of nitrogens with one attached hydrogen (secondary N) is 1. The van der Waals surface area contributed by atoms with Gasteiger partial charge in [0.15, 0.2) is 0 Å². The van der Waals surface area contributed by atoms with Crippen LogP contribution in [-0.4, -0.2) is 25.3 Å². The molecule has 0 heterocycles. The predicted octanol–water partition coefficient (Wildman–Crippen LogP) is 3.67. The van der Waals surface area contributed by atoms with Crippen LogP contribution in [0, 0.1) is 0 Å². The molecule has 100 valence electrons. The summed E-state index contributed by atoms with van der Waals surface area (Å²) in [7, 11) is 1.88. The lowest BCUT2D eigenvalue weighted by Crippen LogP contribution is -2.56. The number of ether oxygens (including phenoxy) is 1. The Morgan fingerprint density at radius 3 is 2.59 bits per heavy atom. The Morgan fingerprint density at radius 2 is 2.12 bits per heavy atom. The third-order valence-electron chi connectivity index (χ3n) is 4.09. The van der Waals surface area contributed by atoms with Crippen LogP contribution in [0.1, 0.15) is 58.3 Å². The Bertz CT molecular complexity index is 205. The lowest BCUT2D eigenvalue weighted by atomic mass is 9.73. The van der Waals surface area contributed by atoms with E-state index in [1.165, 1.54) is 44.9 Å². The molecule has 17 heavy (non-hydrogen) atoms. The molecule has 0 spiro atoms. The van der Waals surface area contributed by atoms with E-state index in [4.69, 9.17) is 4.74 Å². The number of hydrogen-bond donors (Lipinski definition) is 1. The van der Waals surface area contributed by atoms with Crippen molar-refractivity contribution in [3.63, 3.8) is 0 Å². The number of likely N-dealkylation sites (N-methyl/N-ethyl adjacent to an activating group) is 1. The first-order chi connectivity index (χ1) is 8.29. The summed E-state index contributed by atoms with van der Waals surface area (Å²) >= 11 is 0. The zero-order valence-corrected chi connectivity index (χ0v) is 11.6. The number of allylic oxidation sites excluding steroid dienone is 1. The average Bonchev–Trinajstić information content (AvgIpc) is 2.28. The van der Waals surface area contributed by atoms with Crippen molar-refractivity contribution in [3.8, 4) is 0 Å². The summed E-state index contributed by atoms with van der Waals surface area (Å²) in [4.78, 5) is 0. The molecule has 1 atom stereocenters. The van der Waals surface area contributed by atoms with E-state index < -0.39 is 0 Å². The van der Waals surface area contributed by atoms with Crippen LogP contribution in [0.4, 0.5) is 0 Å². The van der Waals surface area contributed by atoms with Crippen molar-refractivity contribution in [2.45, 2.75) is 69.9 Å². The minimum absolute atomic E-state index is 0.147. The molecule has 0 aromatic heterocycles. The van der Waals surface area contributed by atoms with E-state index in [-0.39, 0.29) is 5.60 Å². The first-order valence-corrected chi connectivity index (χ1v) is 7.18. The first-order valence-electron chi connectivity index (χ1n) is 7.18. The fourth-order valence-corrected chi connectivity index (χ4v) is 2.83. The van der Waals surface area contributed by atoms with Gasteiger partial charge in [0.05, 0.1) is 5.60 Å². The molecular weight excluding hydrogens is 210 g/mol. The van der Waals surface area contributed by atoms with Crippen LogP contribution in [0.25, 0.3) is 0 Å². The first kappa shape index (κ1) is 14.7. The molecule has 2 heteroatoms. The summed E-state index contributed by atoms with van der Waals surface area (Å²) in [5, 5.41) is 3.62. The van der Waals surface area contributed by atoms with Gasteiger partial charge in [0.2, 0.25) is 0 Å². The third kappa shape index (κ3) is 4.11. The van der Waals surface area contributed by atoms with Gasteiger partial charge in [-0.15, -0.1) is 6.58 Å². The maximum Gasteiger partial charge on any atom is 0.0831 e. The number of hydrogen-bond acceptors (Lipinski definition) is 2. The maximum absolute atomic E-state index is 5.79. The van der Waals surface area contributed by atoms with E-state index in [1.807, 2.05) is 13.2 Å². The molecule has 1 N–H and O–H groups in total. The molecule has 0 aromatic rings. The second-order valence-electron chi connectivity index (χ2n) is 5.16. The van der Waals surface area contributed by atoms with E-state index in [1.54, 1.807) is 0 Å². The SMILES string of the molecule is C=CCCCCCC(NCC)C1(OC)CCC1. The predicted molar refractivity (Wildman–Crippen MR) is 74.3 cm³/mol. The average molecular weight is 239 g/mol. The summed E-state index contributed by atoms with van der Waals surface area (Å²) in [6.07, 6.45) is 12.1. The molecule has 1 unspecified atom stereocenters. The van der Waals surface area contributed by atoms with Crippen molar-refractivity contribution in [1.29, 1.82) is 0 Å². The molecule has 1 aliphatic rings. The van der Waals surface area contributed by atoms with Gasteiger partial charge in [-0.25, -0.2) is 0 Å². The number of unbranched alkanes of at least 4 members (excludes halogenated alkanes) is 3. The lowest BCUT2D eigenvalue weighted by molar-refractivity contribution is -0.1000. The standard InChI is InChI=1S/C15H29NO/c1-4-6-7-8-9-11-14(16-5-2)15(17-3)12-10-13-15/h4,14,16H,1,5-13H2,2-3H3. The topological polar surface area (TPSA) is 21.3 Å². The maximum atomic E-state index is 5.79. The third-order valence-corrected chi connectivity index (χ3v) is 4.09. The molecule has 1 fully saturated rings. The molecule has 0 radical (unpaired) electrons. The van der Waals surface area contributed by atoms with E-state index in [9.17, 15) is 0 Å². The number of methoxy groups -OCH3 is 1. The van der Waals surface area contributed by atoms with Gasteiger partial charge >= 0.3 is 0 Å². The summed E-state index contributed by atoms with van der Waals surface area (Å²) < 4.78 is 5.79. The molecule has 1 saturated carbocycles.